The number of Topliss-reactive ketones (excluding diaryl/α,β-unsaturated/α-hetero) is 1. The van der Waals surface area contributed by atoms with Crippen LogP contribution in [0.4, 0.5) is 0 Å². The van der Waals surface area contributed by atoms with Crippen LogP contribution in [0.1, 0.15) is 115 Å². The molecule has 2 aliphatic carbocycles. The van der Waals surface area contributed by atoms with Gasteiger partial charge < -0.3 is 50.2 Å². The molecule has 0 aromatic heterocycles. The van der Waals surface area contributed by atoms with Crippen molar-refractivity contribution in [1.82, 2.24) is 5.32 Å². The maximum atomic E-state index is 13.9. The Morgan fingerprint density at radius 2 is 1.74 bits per heavy atom. The lowest BCUT2D eigenvalue weighted by molar-refractivity contribution is -0.238. The number of carboxylic acids is 1. The number of unbranched alkanes of at least 4 members (excludes halogenated alkanes) is 1. The second-order valence-electron chi connectivity index (χ2n) is 14.9. The maximum absolute atomic E-state index is 13.9. The predicted molar refractivity (Wildman–Crippen MR) is 185 cm³/mol. The van der Waals surface area contributed by atoms with Gasteiger partial charge in [0.15, 0.2) is 17.9 Å². The molecule has 15 nitrogen and oxygen atoms in total. The third-order valence-corrected chi connectivity index (χ3v) is 10.7. The van der Waals surface area contributed by atoms with Gasteiger partial charge in [0.05, 0.1) is 41.6 Å². The number of rotatable bonds is 13. The zero-order valence-corrected chi connectivity index (χ0v) is 30.3. The number of nitrogens with one attached hydrogen (secondary N) is 1. The van der Waals surface area contributed by atoms with E-state index in [9.17, 15) is 54.6 Å². The quantitative estimate of drug-likeness (QED) is 0.0756. The number of hydrogen-bond donors (Lipinski definition) is 7. The third kappa shape index (κ3) is 7.67. The smallest absolute Gasteiger partial charge is 0.316 e. The molecular formula is C38H47NO14. The van der Waals surface area contributed by atoms with Gasteiger partial charge in [0, 0.05) is 47.9 Å². The molecule has 1 aliphatic heterocycles. The topological polar surface area (TPSA) is 246 Å². The van der Waals surface area contributed by atoms with Crippen LogP contribution in [-0.2, 0) is 30.3 Å². The van der Waals surface area contributed by atoms with Crippen molar-refractivity contribution >= 4 is 29.2 Å². The first kappa shape index (κ1) is 39.8. The minimum atomic E-state index is -2.34. The molecular weight excluding hydrogens is 694 g/mol. The molecule has 15 heteroatoms. The lowest BCUT2D eigenvalue weighted by Crippen LogP contribution is -2.53. The summed E-state index contributed by atoms with van der Waals surface area (Å²) in [7, 11) is 1.30. The molecule has 5 rings (SSSR count). The minimum Gasteiger partial charge on any atom is -0.507 e. The number of ether oxygens (including phenoxy) is 3. The Morgan fingerprint density at radius 1 is 1.06 bits per heavy atom. The fourth-order valence-corrected chi connectivity index (χ4v) is 7.58. The lowest BCUT2D eigenvalue weighted by atomic mass is 9.72. The number of fused-ring (bicyclic) bond motifs is 3. The van der Waals surface area contributed by atoms with E-state index in [4.69, 9.17) is 14.2 Å². The van der Waals surface area contributed by atoms with Crippen molar-refractivity contribution in [2.75, 3.05) is 13.7 Å². The number of carbonyl (C=O) groups excluding carboxylic acids is 4. The second kappa shape index (κ2) is 15.1. The van der Waals surface area contributed by atoms with Gasteiger partial charge in [-0.15, -0.1) is 0 Å². The van der Waals surface area contributed by atoms with Crippen LogP contribution in [0, 0.1) is 11.8 Å². The van der Waals surface area contributed by atoms with Crippen molar-refractivity contribution in [2.24, 2.45) is 11.8 Å². The van der Waals surface area contributed by atoms with E-state index in [-0.39, 0.29) is 46.8 Å². The van der Waals surface area contributed by atoms with Gasteiger partial charge in [-0.05, 0) is 39.7 Å². The van der Waals surface area contributed by atoms with Gasteiger partial charge in [-0.25, -0.2) is 0 Å². The normalized spacial score (nSPS) is 25.8. The lowest BCUT2D eigenvalue weighted by Gasteiger charge is -2.43. The van der Waals surface area contributed by atoms with Crippen molar-refractivity contribution in [3.63, 3.8) is 0 Å². The van der Waals surface area contributed by atoms with E-state index in [0.717, 1.165) is 0 Å². The molecule has 1 saturated heterocycles. The first-order valence-electron chi connectivity index (χ1n) is 17.6. The molecule has 0 saturated carbocycles. The van der Waals surface area contributed by atoms with E-state index in [2.05, 4.69) is 5.32 Å². The van der Waals surface area contributed by atoms with Crippen molar-refractivity contribution < 1.29 is 68.8 Å². The molecule has 1 unspecified atom stereocenters. The number of hydrogen-bond acceptors (Lipinski definition) is 13. The fourth-order valence-electron chi connectivity index (χ4n) is 7.58. The standard InChI is InChI=1S/C38H47NO14/c1-17-18(2)52-26(13-22(17)39-35(46)20(36(47)48)9-6-7-12-37(3,4)49)53-24-15-38(50,25(41)16-40)14-21-28(24)34(45)30-29(32(21)43)31(42)19-10-8-11-23(51-5)27(19)33(30)44/h8,10-11,17-18,20,22,24,26,40,43,45,49-50H,6-7,9,12-16H2,1-5H3,(H,39,46)(H,47,48)/t17-,18+,20?,22+,24+,26+,38+/m1/s1. The number of carbonyl (C=O) groups is 5. The summed E-state index contributed by atoms with van der Waals surface area (Å²) in [6.45, 7) is 5.72. The summed E-state index contributed by atoms with van der Waals surface area (Å²) >= 11 is 0. The molecule has 2 aromatic rings. The van der Waals surface area contributed by atoms with Crippen molar-refractivity contribution in [2.45, 2.75) is 108 Å². The Labute approximate surface area is 305 Å². The number of carboxylic acid groups (broad SMARTS) is 1. The molecule has 2 aromatic carbocycles. The molecule has 53 heavy (non-hydrogen) atoms. The molecule has 288 valence electrons. The molecule has 7 atom stereocenters. The molecule has 7 N–H and O–H groups in total. The molecule has 1 fully saturated rings. The highest BCUT2D eigenvalue weighted by Crippen LogP contribution is 2.52. The number of amides is 1. The number of phenolic OH excluding ortho intramolecular Hbond substituents is 2. The first-order valence-corrected chi connectivity index (χ1v) is 17.6. The summed E-state index contributed by atoms with van der Waals surface area (Å²) in [5.41, 5.74) is -4.95. The Hall–Kier alpha value is -4.41. The van der Waals surface area contributed by atoms with Crippen LogP contribution in [0.15, 0.2) is 18.2 Å². The van der Waals surface area contributed by atoms with Crippen molar-refractivity contribution in [3.05, 3.63) is 51.6 Å². The Bertz CT molecular complexity index is 1810. The number of aliphatic carboxylic acids is 1. The van der Waals surface area contributed by atoms with Crippen LogP contribution in [0.25, 0.3) is 0 Å². The van der Waals surface area contributed by atoms with Crippen molar-refractivity contribution in [1.29, 1.82) is 0 Å². The number of phenols is 2. The number of aliphatic hydroxyl groups excluding tert-OH is 1. The average Bonchev–Trinajstić information content (AvgIpc) is 3.09. The molecule has 3 aliphatic rings. The molecule has 1 heterocycles. The monoisotopic (exact) mass is 741 g/mol. The largest absolute Gasteiger partial charge is 0.507 e. The van der Waals surface area contributed by atoms with Gasteiger partial charge in [-0.3, -0.25) is 24.0 Å². The fraction of sp³-hybridized carbons (Fsp3) is 0.553. The molecule has 0 spiro atoms. The Kier molecular flexibility index (Phi) is 11.4. The second-order valence-corrected chi connectivity index (χ2v) is 14.9. The van der Waals surface area contributed by atoms with Gasteiger partial charge in [0.2, 0.25) is 11.7 Å². The van der Waals surface area contributed by atoms with Crippen molar-refractivity contribution in [3.8, 4) is 17.2 Å². The average molecular weight is 742 g/mol. The SMILES string of the molecule is COc1cccc2c1C(=O)c1c(O)c3c(c(O)c1C2=O)C[C@@](O)(C(=O)CO)C[C@@H]3O[C@H]1C[C@H](NC(=O)C(CCCCC(C)(C)O)C(=O)O)[C@H](C)[C@H](C)O1. The zero-order valence-electron chi connectivity index (χ0n) is 30.3. The van der Waals surface area contributed by atoms with Crippen LogP contribution < -0.4 is 10.1 Å². The number of methoxy groups -OCH3 is 1. The van der Waals surface area contributed by atoms with E-state index in [1.165, 1.54) is 25.3 Å². The molecule has 0 bridgehead atoms. The van der Waals surface area contributed by atoms with E-state index < -0.39 is 113 Å². The summed E-state index contributed by atoms with van der Waals surface area (Å²) in [4.78, 5) is 66.0. The van der Waals surface area contributed by atoms with E-state index >= 15 is 0 Å². The van der Waals surface area contributed by atoms with E-state index in [0.29, 0.717) is 19.3 Å². The van der Waals surface area contributed by atoms with Gasteiger partial charge in [0.1, 0.15) is 35.4 Å². The van der Waals surface area contributed by atoms with Crippen LogP contribution in [0.5, 0.6) is 17.2 Å². The minimum absolute atomic E-state index is 0.0415. The van der Waals surface area contributed by atoms with Crippen LogP contribution in [0.2, 0.25) is 0 Å². The number of ketones is 3. The number of aliphatic hydroxyl groups is 3. The Morgan fingerprint density at radius 3 is 2.36 bits per heavy atom. The first-order chi connectivity index (χ1) is 24.8. The third-order valence-electron chi connectivity index (χ3n) is 10.7. The highest BCUT2D eigenvalue weighted by atomic mass is 16.7. The van der Waals surface area contributed by atoms with Crippen LogP contribution >= 0.6 is 0 Å². The van der Waals surface area contributed by atoms with Gasteiger partial charge in [-0.2, -0.15) is 0 Å². The number of benzene rings is 2. The van der Waals surface area contributed by atoms with E-state index in [1.54, 1.807) is 27.7 Å². The van der Waals surface area contributed by atoms with Gasteiger partial charge >= 0.3 is 5.97 Å². The van der Waals surface area contributed by atoms with Gasteiger partial charge in [0.25, 0.3) is 0 Å². The highest BCUT2D eigenvalue weighted by Gasteiger charge is 2.50. The summed E-state index contributed by atoms with van der Waals surface area (Å²) in [6.07, 6.45) is -3.08. The number of aromatic hydroxyl groups is 2. The summed E-state index contributed by atoms with van der Waals surface area (Å²) in [5, 5.41) is 67.3. The maximum Gasteiger partial charge on any atom is 0.316 e. The summed E-state index contributed by atoms with van der Waals surface area (Å²) in [6, 6.07) is 3.63. The summed E-state index contributed by atoms with van der Waals surface area (Å²) < 4.78 is 17.7. The summed E-state index contributed by atoms with van der Waals surface area (Å²) in [5.74, 6) is -7.78. The predicted octanol–water partition coefficient (Wildman–Crippen LogP) is 2.47. The van der Waals surface area contributed by atoms with Gasteiger partial charge in [-0.1, -0.05) is 31.9 Å². The van der Waals surface area contributed by atoms with Crippen LogP contribution in [-0.4, -0.2) is 103 Å². The Balaban J connectivity index is 1.47. The molecule has 1 amide bonds. The highest BCUT2D eigenvalue weighted by molar-refractivity contribution is 6.31. The molecule has 0 radical (unpaired) electrons. The van der Waals surface area contributed by atoms with E-state index in [1.807, 2.05) is 0 Å². The van der Waals surface area contributed by atoms with Crippen LogP contribution in [0.3, 0.4) is 0 Å². The zero-order chi connectivity index (χ0) is 39.2.